The minimum Gasteiger partial charge on any atom is -0.497 e. The molecule has 1 heterocycles. The third kappa shape index (κ3) is 4.34. The van der Waals surface area contributed by atoms with Crippen LogP contribution in [0.4, 0.5) is 0 Å². The highest BCUT2D eigenvalue weighted by atomic mass is 16.5. The largest absolute Gasteiger partial charge is 0.497 e. The van der Waals surface area contributed by atoms with E-state index in [1.54, 1.807) is 26.4 Å². The number of amides is 1. The maximum atomic E-state index is 12.1. The zero-order valence-corrected chi connectivity index (χ0v) is 15.8. The summed E-state index contributed by atoms with van der Waals surface area (Å²) in [4.78, 5) is 15.5. The number of nitrogens with one attached hydrogen (secondary N) is 2. The molecule has 3 rings (SSSR count). The van der Waals surface area contributed by atoms with Gasteiger partial charge in [-0.05, 0) is 49.2 Å². The van der Waals surface area contributed by atoms with Crippen LogP contribution in [0.1, 0.15) is 11.3 Å². The number of H-pyrrole nitrogens is 1. The molecule has 6 nitrogen and oxygen atoms in total. The van der Waals surface area contributed by atoms with Crippen molar-refractivity contribution in [3.05, 3.63) is 53.7 Å². The number of methoxy groups -OCH3 is 2. The van der Waals surface area contributed by atoms with E-state index in [1.807, 2.05) is 37.3 Å². The number of hydrogen-bond acceptors (Lipinski definition) is 4. The van der Waals surface area contributed by atoms with Crippen molar-refractivity contribution < 1.29 is 19.0 Å². The molecular formula is C21H24N2O4. The van der Waals surface area contributed by atoms with Gasteiger partial charge in [0.15, 0.2) is 18.1 Å². The molecule has 0 radical (unpaired) electrons. The first-order chi connectivity index (χ1) is 13.1. The first-order valence-corrected chi connectivity index (χ1v) is 8.80. The van der Waals surface area contributed by atoms with Crippen molar-refractivity contribution in [2.45, 2.75) is 13.3 Å². The van der Waals surface area contributed by atoms with Gasteiger partial charge in [-0.2, -0.15) is 0 Å². The van der Waals surface area contributed by atoms with Crippen LogP contribution < -0.4 is 19.5 Å². The monoisotopic (exact) mass is 368 g/mol. The molecule has 3 aromatic rings. The fourth-order valence-corrected chi connectivity index (χ4v) is 3.07. The molecule has 0 aliphatic heterocycles. The van der Waals surface area contributed by atoms with Crippen molar-refractivity contribution in [2.24, 2.45) is 0 Å². The van der Waals surface area contributed by atoms with Gasteiger partial charge in [0, 0.05) is 23.1 Å². The summed E-state index contributed by atoms with van der Waals surface area (Å²) in [6, 6.07) is 13.2. The second-order valence-corrected chi connectivity index (χ2v) is 6.18. The molecule has 0 unspecified atom stereocenters. The lowest BCUT2D eigenvalue weighted by Crippen LogP contribution is -2.30. The summed E-state index contributed by atoms with van der Waals surface area (Å²) >= 11 is 0. The summed E-state index contributed by atoms with van der Waals surface area (Å²) in [6.07, 6.45) is 0.722. The average molecular weight is 368 g/mol. The number of fused-ring (bicyclic) bond motifs is 1. The Hall–Kier alpha value is -3.15. The molecule has 27 heavy (non-hydrogen) atoms. The Kier molecular flexibility index (Phi) is 5.86. The Labute approximate surface area is 158 Å². The number of rotatable bonds is 8. The molecule has 1 aromatic heterocycles. The van der Waals surface area contributed by atoms with Crippen LogP contribution >= 0.6 is 0 Å². The standard InChI is InChI=1S/C21H24N2O4/c1-14-16(17-12-15(25-2)8-9-18(17)23-14)10-11-22-21(24)13-27-20-7-5-4-6-19(20)26-3/h4-9,12,23H,10-11,13H2,1-3H3,(H,22,24). The predicted octanol–water partition coefficient (Wildman–Crippen LogP) is 3.23. The number of aryl methyl sites for hydroxylation is 1. The zero-order valence-electron chi connectivity index (χ0n) is 15.8. The lowest BCUT2D eigenvalue weighted by Gasteiger charge is -2.10. The number of carbonyl (C=O) groups is 1. The molecule has 2 aromatic carbocycles. The van der Waals surface area contributed by atoms with Gasteiger partial charge in [0.25, 0.3) is 5.91 Å². The van der Waals surface area contributed by atoms with Gasteiger partial charge in [-0.15, -0.1) is 0 Å². The highest BCUT2D eigenvalue weighted by molar-refractivity contribution is 5.86. The van der Waals surface area contributed by atoms with Crippen molar-refractivity contribution in [2.75, 3.05) is 27.4 Å². The van der Waals surface area contributed by atoms with Crippen molar-refractivity contribution in [1.82, 2.24) is 10.3 Å². The van der Waals surface area contributed by atoms with E-state index >= 15 is 0 Å². The molecule has 0 aliphatic carbocycles. The summed E-state index contributed by atoms with van der Waals surface area (Å²) in [6.45, 7) is 2.51. The number of carbonyl (C=O) groups excluding carboxylic acids is 1. The van der Waals surface area contributed by atoms with E-state index in [0.717, 1.165) is 28.8 Å². The lowest BCUT2D eigenvalue weighted by molar-refractivity contribution is -0.123. The van der Waals surface area contributed by atoms with Crippen LogP contribution in [0.15, 0.2) is 42.5 Å². The van der Waals surface area contributed by atoms with Crippen molar-refractivity contribution in [1.29, 1.82) is 0 Å². The molecule has 142 valence electrons. The molecule has 0 atom stereocenters. The maximum absolute atomic E-state index is 12.1. The fraction of sp³-hybridized carbons (Fsp3) is 0.286. The van der Waals surface area contributed by atoms with Crippen molar-refractivity contribution >= 4 is 16.8 Å². The van der Waals surface area contributed by atoms with E-state index in [1.165, 1.54) is 5.56 Å². The Morgan fingerprint density at radius 1 is 1.07 bits per heavy atom. The van der Waals surface area contributed by atoms with Gasteiger partial charge in [-0.25, -0.2) is 0 Å². The molecule has 0 bridgehead atoms. The van der Waals surface area contributed by atoms with Crippen LogP contribution in [0, 0.1) is 6.92 Å². The Morgan fingerprint density at radius 3 is 2.59 bits per heavy atom. The summed E-state index contributed by atoms with van der Waals surface area (Å²) < 4.78 is 16.1. The van der Waals surface area contributed by atoms with Gasteiger partial charge in [0.1, 0.15) is 5.75 Å². The van der Waals surface area contributed by atoms with Crippen LogP contribution in [0.2, 0.25) is 0 Å². The van der Waals surface area contributed by atoms with Crippen LogP contribution in [-0.2, 0) is 11.2 Å². The molecule has 2 N–H and O–H groups in total. The van der Waals surface area contributed by atoms with Gasteiger partial charge < -0.3 is 24.5 Å². The van der Waals surface area contributed by atoms with Gasteiger partial charge >= 0.3 is 0 Å². The first-order valence-electron chi connectivity index (χ1n) is 8.80. The maximum Gasteiger partial charge on any atom is 0.257 e. The molecule has 6 heteroatoms. The van der Waals surface area contributed by atoms with E-state index in [9.17, 15) is 4.79 Å². The highest BCUT2D eigenvalue weighted by Crippen LogP contribution is 2.27. The molecule has 1 amide bonds. The van der Waals surface area contributed by atoms with Gasteiger partial charge in [0.05, 0.1) is 14.2 Å². The molecule has 0 fully saturated rings. The Bertz CT molecular complexity index is 933. The summed E-state index contributed by atoms with van der Waals surface area (Å²) in [5.41, 5.74) is 3.33. The first kappa shape index (κ1) is 18.6. The second kappa shape index (κ2) is 8.49. The summed E-state index contributed by atoms with van der Waals surface area (Å²) in [7, 11) is 3.23. The van der Waals surface area contributed by atoms with Crippen molar-refractivity contribution in [3.63, 3.8) is 0 Å². The van der Waals surface area contributed by atoms with Gasteiger partial charge in [-0.3, -0.25) is 4.79 Å². The van der Waals surface area contributed by atoms with Gasteiger partial charge in [0.2, 0.25) is 0 Å². The zero-order chi connectivity index (χ0) is 19.2. The van der Waals surface area contributed by atoms with E-state index in [0.29, 0.717) is 18.0 Å². The van der Waals surface area contributed by atoms with E-state index in [2.05, 4.69) is 10.3 Å². The van der Waals surface area contributed by atoms with Crippen LogP contribution in [-0.4, -0.2) is 38.3 Å². The number of para-hydroxylation sites is 2. The molecular weight excluding hydrogens is 344 g/mol. The third-order valence-electron chi connectivity index (χ3n) is 4.45. The molecule has 0 saturated carbocycles. The van der Waals surface area contributed by atoms with E-state index in [4.69, 9.17) is 14.2 Å². The highest BCUT2D eigenvalue weighted by Gasteiger charge is 2.11. The van der Waals surface area contributed by atoms with Crippen LogP contribution in [0.3, 0.4) is 0 Å². The van der Waals surface area contributed by atoms with Crippen molar-refractivity contribution in [3.8, 4) is 17.2 Å². The minimum atomic E-state index is -0.170. The van der Waals surface area contributed by atoms with Crippen LogP contribution in [0.5, 0.6) is 17.2 Å². The SMILES string of the molecule is COc1ccc2[nH]c(C)c(CCNC(=O)COc3ccccc3OC)c2c1. The number of ether oxygens (including phenoxy) is 3. The normalized spacial score (nSPS) is 10.6. The Morgan fingerprint density at radius 2 is 1.85 bits per heavy atom. The number of benzene rings is 2. The topological polar surface area (TPSA) is 72.6 Å². The second-order valence-electron chi connectivity index (χ2n) is 6.18. The number of aromatic amines is 1. The third-order valence-corrected chi connectivity index (χ3v) is 4.45. The smallest absolute Gasteiger partial charge is 0.257 e. The molecule has 0 saturated heterocycles. The van der Waals surface area contributed by atoms with Gasteiger partial charge in [-0.1, -0.05) is 12.1 Å². The lowest BCUT2D eigenvalue weighted by atomic mass is 10.1. The molecule has 0 aliphatic rings. The minimum absolute atomic E-state index is 0.0545. The summed E-state index contributed by atoms with van der Waals surface area (Å²) in [5.74, 6) is 1.80. The van der Waals surface area contributed by atoms with E-state index < -0.39 is 0 Å². The van der Waals surface area contributed by atoms with Crippen LogP contribution in [0.25, 0.3) is 10.9 Å². The summed E-state index contributed by atoms with van der Waals surface area (Å²) in [5, 5.41) is 4.02. The quantitative estimate of drug-likeness (QED) is 0.640. The predicted molar refractivity (Wildman–Crippen MR) is 105 cm³/mol. The average Bonchev–Trinajstić information content (AvgIpc) is 3.01. The number of aromatic nitrogens is 1. The number of hydrogen-bond donors (Lipinski definition) is 2. The Balaban J connectivity index is 1.56. The fourth-order valence-electron chi connectivity index (χ4n) is 3.07. The molecule has 0 spiro atoms. The van der Waals surface area contributed by atoms with E-state index in [-0.39, 0.29) is 12.5 Å².